The first-order valence-corrected chi connectivity index (χ1v) is 7.69. The zero-order valence-electron chi connectivity index (χ0n) is 14.3. The number of carboxylic acids is 1. The summed E-state index contributed by atoms with van der Waals surface area (Å²) < 4.78 is 1.82. The van der Waals surface area contributed by atoms with Gasteiger partial charge in [-0.25, -0.2) is 4.79 Å². The van der Waals surface area contributed by atoms with Crippen LogP contribution in [0.3, 0.4) is 0 Å². The predicted molar refractivity (Wildman–Crippen MR) is 84.9 cm³/mol. The molecule has 0 saturated carbocycles. The smallest absolute Gasteiger partial charge is 0.326 e. The normalized spacial score (nSPS) is 13.2. The van der Waals surface area contributed by atoms with Crippen LogP contribution < -0.4 is 5.32 Å². The van der Waals surface area contributed by atoms with E-state index in [1.807, 2.05) is 46.2 Å². The van der Waals surface area contributed by atoms with Gasteiger partial charge >= 0.3 is 5.97 Å². The SMILES string of the molecule is CCc1c(C(=O)N[C@H](CC(C)C)C(=O)O)cnn1C(C)(C)C. The molecule has 0 spiro atoms. The number of nitrogens with zero attached hydrogens (tertiary/aromatic N) is 2. The Bertz CT molecular complexity index is 541. The molecule has 0 radical (unpaired) electrons. The van der Waals surface area contributed by atoms with Crippen LogP contribution in [0.2, 0.25) is 0 Å². The molecule has 0 bridgehead atoms. The summed E-state index contributed by atoms with van der Waals surface area (Å²) in [5.41, 5.74) is 1.04. The molecule has 1 aromatic rings. The van der Waals surface area contributed by atoms with Gasteiger partial charge < -0.3 is 10.4 Å². The first kappa shape index (κ1) is 18.2. The first-order valence-electron chi connectivity index (χ1n) is 7.69. The van der Waals surface area contributed by atoms with Crippen molar-refractivity contribution in [3.63, 3.8) is 0 Å². The van der Waals surface area contributed by atoms with Crippen molar-refractivity contribution >= 4 is 11.9 Å². The molecule has 2 N–H and O–H groups in total. The van der Waals surface area contributed by atoms with E-state index in [2.05, 4.69) is 10.4 Å². The highest BCUT2D eigenvalue weighted by molar-refractivity contribution is 5.97. The summed E-state index contributed by atoms with van der Waals surface area (Å²) >= 11 is 0. The molecule has 1 heterocycles. The van der Waals surface area contributed by atoms with Crippen LogP contribution in [0.1, 0.15) is 64.0 Å². The fraction of sp³-hybridized carbons (Fsp3) is 0.688. The number of aromatic nitrogens is 2. The Hall–Kier alpha value is -1.85. The van der Waals surface area contributed by atoms with Crippen molar-refractivity contribution in [2.45, 2.75) is 66.0 Å². The molecular formula is C16H27N3O3. The Balaban J connectivity index is 3.03. The van der Waals surface area contributed by atoms with Crippen molar-refractivity contribution < 1.29 is 14.7 Å². The molecule has 0 aliphatic rings. The molecule has 0 aromatic carbocycles. The van der Waals surface area contributed by atoms with Crippen LogP contribution in [0, 0.1) is 5.92 Å². The minimum Gasteiger partial charge on any atom is -0.480 e. The average Bonchev–Trinajstić information content (AvgIpc) is 2.80. The Labute approximate surface area is 131 Å². The van der Waals surface area contributed by atoms with E-state index in [0.717, 1.165) is 5.69 Å². The summed E-state index contributed by atoms with van der Waals surface area (Å²) in [7, 11) is 0. The number of aliphatic carboxylic acids is 1. The van der Waals surface area contributed by atoms with Crippen molar-refractivity contribution in [3.05, 3.63) is 17.5 Å². The fourth-order valence-electron chi connectivity index (χ4n) is 2.41. The summed E-state index contributed by atoms with van der Waals surface area (Å²) in [6.45, 7) is 11.9. The third-order valence-corrected chi connectivity index (χ3v) is 3.39. The van der Waals surface area contributed by atoms with E-state index in [1.165, 1.54) is 6.20 Å². The highest BCUT2D eigenvalue weighted by Gasteiger charge is 2.26. The predicted octanol–water partition coefficient (Wildman–Crippen LogP) is 2.43. The number of hydrogen-bond acceptors (Lipinski definition) is 3. The zero-order valence-corrected chi connectivity index (χ0v) is 14.3. The van der Waals surface area contributed by atoms with Crippen LogP contribution in [0.5, 0.6) is 0 Å². The Morgan fingerprint density at radius 3 is 2.36 bits per heavy atom. The molecule has 124 valence electrons. The molecule has 1 aromatic heterocycles. The van der Waals surface area contributed by atoms with E-state index in [1.54, 1.807) is 0 Å². The number of hydrogen-bond donors (Lipinski definition) is 2. The molecule has 0 fully saturated rings. The van der Waals surface area contributed by atoms with E-state index in [4.69, 9.17) is 0 Å². The van der Waals surface area contributed by atoms with Gasteiger partial charge in [0.1, 0.15) is 6.04 Å². The van der Waals surface area contributed by atoms with Gasteiger partial charge in [-0.3, -0.25) is 9.48 Å². The van der Waals surface area contributed by atoms with E-state index in [9.17, 15) is 14.7 Å². The van der Waals surface area contributed by atoms with Crippen LogP contribution in [-0.4, -0.2) is 32.8 Å². The molecule has 0 aliphatic heterocycles. The maximum Gasteiger partial charge on any atom is 0.326 e. The Morgan fingerprint density at radius 1 is 1.36 bits per heavy atom. The number of carbonyl (C=O) groups is 2. The van der Waals surface area contributed by atoms with Gasteiger partial charge in [-0.05, 0) is 39.5 Å². The third kappa shape index (κ3) is 4.32. The van der Waals surface area contributed by atoms with E-state index in [-0.39, 0.29) is 17.4 Å². The molecule has 1 rings (SSSR count). The minimum atomic E-state index is -1.01. The number of rotatable bonds is 6. The first-order chi connectivity index (χ1) is 10.1. The minimum absolute atomic E-state index is 0.185. The van der Waals surface area contributed by atoms with Crippen LogP contribution in [0.4, 0.5) is 0 Å². The number of carboxylic acid groups (broad SMARTS) is 1. The second-order valence-corrected chi connectivity index (χ2v) is 6.93. The van der Waals surface area contributed by atoms with Gasteiger partial charge in [-0.15, -0.1) is 0 Å². The molecule has 1 amide bonds. The lowest BCUT2D eigenvalue weighted by Gasteiger charge is -2.22. The molecule has 0 unspecified atom stereocenters. The standard InChI is InChI=1S/C16H27N3O3/c1-7-13-11(9-17-19(13)16(4,5)6)14(20)18-12(15(21)22)8-10(2)3/h9-10,12H,7-8H2,1-6H3,(H,18,20)(H,21,22)/t12-/m1/s1. The second kappa shape index (κ2) is 6.94. The number of amides is 1. The van der Waals surface area contributed by atoms with Crippen molar-refractivity contribution in [1.82, 2.24) is 15.1 Å². The van der Waals surface area contributed by atoms with Crippen molar-refractivity contribution in [3.8, 4) is 0 Å². The summed E-state index contributed by atoms with van der Waals surface area (Å²) in [5.74, 6) is -1.20. The monoisotopic (exact) mass is 309 g/mol. The zero-order chi connectivity index (χ0) is 17.1. The maximum absolute atomic E-state index is 12.4. The Kier molecular flexibility index (Phi) is 5.74. The highest BCUT2D eigenvalue weighted by atomic mass is 16.4. The number of carbonyl (C=O) groups excluding carboxylic acids is 1. The van der Waals surface area contributed by atoms with Crippen LogP contribution >= 0.6 is 0 Å². The summed E-state index contributed by atoms with van der Waals surface area (Å²) in [5, 5.41) is 16.2. The summed E-state index contributed by atoms with van der Waals surface area (Å²) in [6, 6.07) is -0.879. The Morgan fingerprint density at radius 2 is 1.95 bits per heavy atom. The van der Waals surface area contributed by atoms with E-state index >= 15 is 0 Å². The molecular weight excluding hydrogens is 282 g/mol. The van der Waals surface area contributed by atoms with Gasteiger partial charge in [0.15, 0.2) is 0 Å². The topological polar surface area (TPSA) is 84.2 Å². The van der Waals surface area contributed by atoms with E-state index < -0.39 is 12.0 Å². The maximum atomic E-state index is 12.4. The van der Waals surface area contributed by atoms with Crippen LogP contribution in [0.25, 0.3) is 0 Å². The van der Waals surface area contributed by atoms with Crippen molar-refractivity contribution in [1.29, 1.82) is 0 Å². The van der Waals surface area contributed by atoms with Crippen molar-refractivity contribution in [2.75, 3.05) is 0 Å². The third-order valence-electron chi connectivity index (χ3n) is 3.39. The quantitative estimate of drug-likeness (QED) is 0.845. The second-order valence-electron chi connectivity index (χ2n) is 6.93. The molecule has 6 nitrogen and oxygen atoms in total. The lowest BCUT2D eigenvalue weighted by molar-refractivity contribution is -0.139. The molecule has 6 heteroatoms. The highest BCUT2D eigenvalue weighted by Crippen LogP contribution is 2.20. The van der Waals surface area contributed by atoms with Gasteiger partial charge in [0.2, 0.25) is 0 Å². The molecule has 22 heavy (non-hydrogen) atoms. The van der Waals surface area contributed by atoms with Gasteiger partial charge in [0.05, 0.1) is 23.0 Å². The van der Waals surface area contributed by atoms with Crippen LogP contribution in [0.15, 0.2) is 6.20 Å². The van der Waals surface area contributed by atoms with Gasteiger partial charge in [-0.2, -0.15) is 5.10 Å². The largest absolute Gasteiger partial charge is 0.480 e. The number of nitrogens with one attached hydrogen (secondary N) is 1. The van der Waals surface area contributed by atoms with Gasteiger partial charge in [0, 0.05) is 0 Å². The average molecular weight is 309 g/mol. The van der Waals surface area contributed by atoms with E-state index in [0.29, 0.717) is 18.4 Å². The van der Waals surface area contributed by atoms with Gasteiger partial charge in [0.25, 0.3) is 5.91 Å². The summed E-state index contributed by atoms with van der Waals surface area (Å²) in [6.07, 6.45) is 2.57. The van der Waals surface area contributed by atoms with Gasteiger partial charge in [-0.1, -0.05) is 20.8 Å². The molecule has 0 saturated heterocycles. The lowest BCUT2D eigenvalue weighted by Crippen LogP contribution is -2.42. The van der Waals surface area contributed by atoms with Crippen molar-refractivity contribution in [2.24, 2.45) is 5.92 Å². The fourth-order valence-corrected chi connectivity index (χ4v) is 2.41. The molecule has 1 atom stereocenters. The summed E-state index contributed by atoms with van der Waals surface area (Å²) in [4.78, 5) is 23.7. The molecule has 0 aliphatic carbocycles. The lowest BCUT2D eigenvalue weighted by atomic mass is 10.0. The van der Waals surface area contributed by atoms with Crippen LogP contribution in [-0.2, 0) is 16.8 Å².